The number of phenols is 1. The van der Waals surface area contributed by atoms with E-state index in [4.69, 9.17) is 5.73 Å². The number of hydrogen-bond acceptors (Lipinski definition) is 4. The second-order valence-electron chi connectivity index (χ2n) is 4.58. The first-order valence-electron chi connectivity index (χ1n) is 5.98. The highest BCUT2D eigenvalue weighted by Gasteiger charge is 2.15. The van der Waals surface area contributed by atoms with Crippen molar-refractivity contribution in [2.75, 3.05) is 5.73 Å². The molecule has 3 aromatic rings. The van der Waals surface area contributed by atoms with Crippen LogP contribution in [-0.4, -0.2) is 20.3 Å². The number of nitrogens with zero attached hydrogens (tertiary/aromatic N) is 2. The molecule has 0 aliphatic heterocycles. The van der Waals surface area contributed by atoms with Crippen LogP contribution in [0.3, 0.4) is 0 Å². The number of phenolic OH excluding ortho intramolecular Hbond substituents is 1. The largest absolute Gasteiger partial charge is 0.508 e. The molecule has 0 unspecified atom stereocenters. The first kappa shape index (κ1) is 11.5. The summed E-state index contributed by atoms with van der Waals surface area (Å²) in [7, 11) is 0. The molecule has 19 heavy (non-hydrogen) atoms. The van der Waals surface area contributed by atoms with Crippen LogP contribution in [0.4, 0.5) is 5.82 Å². The summed E-state index contributed by atoms with van der Waals surface area (Å²) in [6, 6.07) is 7.07. The maximum Gasteiger partial charge on any atom is 0.183 e. The Morgan fingerprint density at radius 3 is 2.53 bits per heavy atom. The Balaban J connectivity index is 2.34. The van der Waals surface area contributed by atoms with Gasteiger partial charge in [-0.1, -0.05) is 12.1 Å². The molecular formula is C14H14N4O. The van der Waals surface area contributed by atoms with Crippen LogP contribution in [0.5, 0.6) is 5.75 Å². The first-order valence-corrected chi connectivity index (χ1v) is 5.98. The van der Waals surface area contributed by atoms with Gasteiger partial charge in [0.05, 0.1) is 5.39 Å². The Morgan fingerprint density at radius 1 is 1.16 bits per heavy atom. The van der Waals surface area contributed by atoms with E-state index < -0.39 is 0 Å². The number of anilines is 1. The maximum atomic E-state index is 9.37. The van der Waals surface area contributed by atoms with E-state index in [1.165, 1.54) is 0 Å². The summed E-state index contributed by atoms with van der Waals surface area (Å²) in [6.45, 7) is 3.95. The van der Waals surface area contributed by atoms with Gasteiger partial charge in [-0.3, -0.25) is 5.10 Å². The number of aromatic amines is 1. The molecule has 0 radical (unpaired) electrons. The third-order valence-corrected chi connectivity index (χ3v) is 3.32. The second kappa shape index (κ2) is 3.98. The highest BCUT2D eigenvalue weighted by atomic mass is 16.3. The van der Waals surface area contributed by atoms with Crippen molar-refractivity contribution in [3.8, 4) is 16.9 Å². The molecule has 0 spiro atoms. The quantitative estimate of drug-likeness (QED) is 0.622. The molecule has 5 heteroatoms. The molecule has 0 atom stereocenters. The summed E-state index contributed by atoms with van der Waals surface area (Å²) in [5, 5.41) is 17.1. The van der Waals surface area contributed by atoms with Crippen molar-refractivity contribution in [3.05, 3.63) is 35.5 Å². The van der Waals surface area contributed by atoms with Gasteiger partial charge in [0.1, 0.15) is 11.6 Å². The Labute approximate surface area is 110 Å². The standard InChI is InChI=1S/C14H14N4O/c1-7-11(9-3-5-10(19)6-4-9)8(2)16-14-12(7)13(15)17-18-14/h3-6,19H,1-2H3,(H3,15,16,17,18). The van der Waals surface area contributed by atoms with Gasteiger partial charge < -0.3 is 10.8 Å². The number of rotatable bonds is 1. The van der Waals surface area contributed by atoms with E-state index in [1.807, 2.05) is 26.0 Å². The van der Waals surface area contributed by atoms with Crippen LogP contribution in [0.2, 0.25) is 0 Å². The van der Waals surface area contributed by atoms with Gasteiger partial charge in [-0.25, -0.2) is 4.98 Å². The van der Waals surface area contributed by atoms with Crippen LogP contribution in [0, 0.1) is 13.8 Å². The lowest BCUT2D eigenvalue weighted by atomic mass is 9.97. The van der Waals surface area contributed by atoms with E-state index in [-0.39, 0.29) is 5.75 Å². The number of aromatic hydroxyl groups is 1. The third-order valence-electron chi connectivity index (χ3n) is 3.32. The van der Waals surface area contributed by atoms with Gasteiger partial charge >= 0.3 is 0 Å². The molecule has 0 aliphatic carbocycles. The van der Waals surface area contributed by atoms with Crippen molar-refractivity contribution in [3.63, 3.8) is 0 Å². The predicted molar refractivity (Wildman–Crippen MR) is 74.9 cm³/mol. The van der Waals surface area contributed by atoms with Crippen molar-refractivity contribution in [1.29, 1.82) is 0 Å². The van der Waals surface area contributed by atoms with Crippen molar-refractivity contribution >= 4 is 16.9 Å². The van der Waals surface area contributed by atoms with Gasteiger partial charge in [0.15, 0.2) is 5.65 Å². The average Bonchev–Trinajstić information content (AvgIpc) is 2.73. The molecule has 0 amide bonds. The third kappa shape index (κ3) is 1.71. The zero-order chi connectivity index (χ0) is 13.6. The summed E-state index contributed by atoms with van der Waals surface area (Å²) in [5.41, 5.74) is 10.5. The molecule has 0 saturated carbocycles. The zero-order valence-corrected chi connectivity index (χ0v) is 10.7. The van der Waals surface area contributed by atoms with Crippen molar-refractivity contribution in [1.82, 2.24) is 15.2 Å². The maximum absolute atomic E-state index is 9.37. The molecule has 2 aromatic heterocycles. The SMILES string of the molecule is Cc1nc2n[nH]c(N)c2c(C)c1-c1ccc(O)cc1. The molecule has 0 bridgehead atoms. The van der Waals surface area contributed by atoms with Crippen LogP contribution in [0.1, 0.15) is 11.3 Å². The molecule has 3 rings (SSSR count). The van der Waals surface area contributed by atoms with Crippen LogP contribution in [-0.2, 0) is 0 Å². The van der Waals surface area contributed by atoms with E-state index in [1.54, 1.807) is 12.1 Å². The monoisotopic (exact) mass is 254 g/mol. The van der Waals surface area contributed by atoms with Crippen molar-refractivity contribution in [2.45, 2.75) is 13.8 Å². The molecule has 0 fully saturated rings. The molecule has 5 nitrogen and oxygen atoms in total. The number of fused-ring (bicyclic) bond motifs is 1. The summed E-state index contributed by atoms with van der Waals surface area (Å²) in [6.07, 6.45) is 0. The lowest BCUT2D eigenvalue weighted by Crippen LogP contribution is -1.95. The summed E-state index contributed by atoms with van der Waals surface area (Å²) in [4.78, 5) is 4.47. The molecule has 2 heterocycles. The smallest absolute Gasteiger partial charge is 0.183 e. The number of aromatic nitrogens is 3. The summed E-state index contributed by atoms with van der Waals surface area (Å²) < 4.78 is 0. The van der Waals surface area contributed by atoms with Crippen LogP contribution < -0.4 is 5.73 Å². The second-order valence-corrected chi connectivity index (χ2v) is 4.58. The van der Waals surface area contributed by atoms with E-state index in [2.05, 4.69) is 15.2 Å². The van der Waals surface area contributed by atoms with Gasteiger partial charge in [0.2, 0.25) is 0 Å². The van der Waals surface area contributed by atoms with Gasteiger partial charge in [0.25, 0.3) is 0 Å². The molecule has 1 aromatic carbocycles. The van der Waals surface area contributed by atoms with Gasteiger partial charge in [-0.05, 0) is 37.1 Å². The number of benzene rings is 1. The van der Waals surface area contributed by atoms with Crippen molar-refractivity contribution < 1.29 is 5.11 Å². The highest BCUT2D eigenvalue weighted by molar-refractivity contribution is 5.94. The fourth-order valence-corrected chi connectivity index (χ4v) is 2.46. The summed E-state index contributed by atoms with van der Waals surface area (Å²) >= 11 is 0. The number of H-pyrrole nitrogens is 1. The Hall–Kier alpha value is -2.56. The lowest BCUT2D eigenvalue weighted by molar-refractivity contribution is 0.475. The lowest BCUT2D eigenvalue weighted by Gasteiger charge is -2.10. The minimum absolute atomic E-state index is 0.246. The van der Waals surface area contributed by atoms with E-state index in [0.29, 0.717) is 11.5 Å². The Morgan fingerprint density at radius 2 is 1.84 bits per heavy atom. The minimum atomic E-state index is 0.246. The van der Waals surface area contributed by atoms with E-state index in [0.717, 1.165) is 27.8 Å². The number of pyridine rings is 1. The highest BCUT2D eigenvalue weighted by Crippen LogP contribution is 2.33. The van der Waals surface area contributed by atoms with Crippen LogP contribution >= 0.6 is 0 Å². The molecule has 96 valence electrons. The Bertz CT molecular complexity index is 759. The minimum Gasteiger partial charge on any atom is -0.508 e. The molecule has 0 saturated heterocycles. The normalized spacial score (nSPS) is 11.1. The van der Waals surface area contributed by atoms with Crippen LogP contribution in [0.15, 0.2) is 24.3 Å². The first-order chi connectivity index (χ1) is 9.08. The number of nitrogen functional groups attached to an aromatic ring is 1. The molecule has 0 aliphatic rings. The van der Waals surface area contributed by atoms with E-state index in [9.17, 15) is 5.11 Å². The average molecular weight is 254 g/mol. The molecule has 4 N–H and O–H groups in total. The number of nitrogens with one attached hydrogen (secondary N) is 1. The number of hydrogen-bond donors (Lipinski definition) is 3. The fourth-order valence-electron chi connectivity index (χ4n) is 2.46. The molecular weight excluding hydrogens is 240 g/mol. The Kier molecular flexibility index (Phi) is 2.41. The van der Waals surface area contributed by atoms with E-state index >= 15 is 0 Å². The summed E-state index contributed by atoms with van der Waals surface area (Å²) in [5.74, 6) is 0.774. The van der Waals surface area contributed by atoms with Crippen LogP contribution in [0.25, 0.3) is 22.2 Å². The van der Waals surface area contributed by atoms with Gasteiger partial charge in [0, 0.05) is 11.3 Å². The zero-order valence-electron chi connectivity index (χ0n) is 10.7. The van der Waals surface area contributed by atoms with Gasteiger partial charge in [-0.15, -0.1) is 0 Å². The topological polar surface area (TPSA) is 87.8 Å². The van der Waals surface area contributed by atoms with Crippen molar-refractivity contribution in [2.24, 2.45) is 0 Å². The number of nitrogens with two attached hydrogens (primary N) is 1. The number of aryl methyl sites for hydroxylation is 2. The fraction of sp³-hybridized carbons (Fsp3) is 0.143. The van der Waals surface area contributed by atoms with Gasteiger partial charge in [-0.2, -0.15) is 5.10 Å². The predicted octanol–water partition coefficient (Wildman–Crippen LogP) is 2.53.